The van der Waals surface area contributed by atoms with Crippen LogP contribution in [0.2, 0.25) is 0 Å². The van der Waals surface area contributed by atoms with E-state index in [0.29, 0.717) is 25.2 Å². The summed E-state index contributed by atoms with van der Waals surface area (Å²) in [5, 5.41) is 2.93. The molecule has 1 N–H and O–H groups in total. The average Bonchev–Trinajstić information content (AvgIpc) is 3.30. The zero-order chi connectivity index (χ0) is 18.6. The Morgan fingerprint density at radius 2 is 2.00 bits per heavy atom. The number of amides is 1. The molecule has 1 fully saturated rings. The number of hydrogen-bond acceptors (Lipinski definition) is 3. The summed E-state index contributed by atoms with van der Waals surface area (Å²) in [5.74, 6) is 0.240. The highest BCUT2D eigenvalue weighted by molar-refractivity contribution is 5.95. The van der Waals surface area contributed by atoms with E-state index >= 15 is 0 Å². The summed E-state index contributed by atoms with van der Waals surface area (Å²) in [5.41, 5.74) is 2.30. The molecule has 1 aliphatic carbocycles. The molecule has 138 valence electrons. The lowest BCUT2D eigenvalue weighted by Gasteiger charge is -2.08. The Morgan fingerprint density at radius 1 is 1.11 bits per heavy atom. The first-order valence-corrected chi connectivity index (χ1v) is 8.95. The molecule has 2 unspecified atom stereocenters. The van der Waals surface area contributed by atoms with Crippen LogP contribution in [0, 0.1) is 11.7 Å². The SMILES string of the molecule is O=C(Nc1cccc(COCc2ccco2)c1)C1CC1c1ccccc1F. The number of halogens is 1. The lowest BCUT2D eigenvalue weighted by molar-refractivity contribution is -0.117. The molecule has 0 spiro atoms. The highest BCUT2D eigenvalue weighted by Crippen LogP contribution is 2.48. The Hall–Kier alpha value is -2.92. The summed E-state index contributed by atoms with van der Waals surface area (Å²) in [7, 11) is 0. The van der Waals surface area contributed by atoms with Gasteiger partial charge in [0, 0.05) is 11.6 Å². The second-order valence-electron chi connectivity index (χ2n) is 6.73. The van der Waals surface area contributed by atoms with E-state index in [9.17, 15) is 9.18 Å². The van der Waals surface area contributed by atoms with Crippen molar-refractivity contribution in [2.75, 3.05) is 5.32 Å². The fraction of sp³-hybridized carbons (Fsp3) is 0.227. The van der Waals surface area contributed by atoms with Crippen LogP contribution in [-0.2, 0) is 22.7 Å². The molecule has 0 radical (unpaired) electrons. The van der Waals surface area contributed by atoms with Crippen molar-refractivity contribution in [1.82, 2.24) is 0 Å². The lowest BCUT2D eigenvalue weighted by Crippen LogP contribution is -2.14. The van der Waals surface area contributed by atoms with Gasteiger partial charge in [0.1, 0.15) is 18.2 Å². The van der Waals surface area contributed by atoms with Crippen LogP contribution in [0.4, 0.5) is 10.1 Å². The van der Waals surface area contributed by atoms with Gasteiger partial charge < -0.3 is 14.5 Å². The van der Waals surface area contributed by atoms with Gasteiger partial charge in [-0.15, -0.1) is 0 Å². The third-order valence-electron chi connectivity index (χ3n) is 4.72. The number of hydrogen-bond donors (Lipinski definition) is 1. The number of ether oxygens (including phenoxy) is 1. The van der Waals surface area contributed by atoms with Gasteiger partial charge in [-0.3, -0.25) is 4.79 Å². The molecule has 0 bridgehead atoms. The molecule has 1 saturated carbocycles. The maximum Gasteiger partial charge on any atom is 0.228 e. The van der Waals surface area contributed by atoms with Gasteiger partial charge in [-0.1, -0.05) is 30.3 Å². The topological polar surface area (TPSA) is 51.5 Å². The first kappa shape index (κ1) is 17.5. The Labute approximate surface area is 157 Å². The van der Waals surface area contributed by atoms with Gasteiger partial charge in [0.05, 0.1) is 12.9 Å². The maximum atomic E-state index is 13.9. The predicted molar refractivity (Wildman–Crippen MR) is 99.5 cm³/mol. The Morgan fingerprint density at radius 3 is 2.81 bits per heavy atom. The molecule has 1 aliphatic rings. The van der Waals surface area contributed by atoms with Crippen molar-refractivity contribution in [1.29, 1.82) is 0 Å². The molecule has 1 heterocycles. The van der Waals surface area contributed by atoms with Crippen LogP contribution in [-0.4, -0.2) is 5.91 Å². The molecule has 1 amide bonds. The minimum Gasteiger partial charge on any atom is -0.467 e. The summed E-state index contributed by atoms with van der Waals surface area (Å²) >= 11 is 0. The molecule has 3 aromatic rings. The molecule has 2 atom stereocenters. The van der Waals surface area contributed by atoms with Gasteiger partial charge in [0.25, 0.3) is 0 Å². The highest BCUT2D eigenvalue weighted by Gasteiger charge is 2.45. The van der Waals surface area contributed by atoms with Crippen LogP contribution in [0.5, 0.6) is 0 Å². The zero-order valence-electron chi connectivity index (χ0n) is 14.7. The van der Waals surface area contributed by atoms with Crippen molar-refractivity contribution in [3.05, 3.63) is 89.6 Å². The third-order valence-corrected chi connectivity index (χ3v) is 4.72. The number of nitrogens with one attached hydrogen (secondary N) is 1. The summed E-state index contributed by atoms with van der Waals surface area (Å²) in [6, 6.07) is 17.9. The van der Waals surface area contributed by atoms with E-state index in [1.165, 1.54) is 6.07 Å². The molecule has 27 heavy (non-hydrogen) atoms. The molecule has 2 aromatic carbocycles. The molecule has 5 heteroatoms. The Kier molecular flexibility index (Phi) is 5.03. The van der Waals surface area contributed by atoms with E-state index in [0.717, 1.165) is 17.0 Å². The molecular weight excluding hydrogens is 345 g/mol. The molecule has 4 nitrogen and oxygen atoms in total. The van der Waals surface area contributed by atoms with E-state index in [2.05, 4.69) is 5.32 Å². The van der Waals surface area contributed by atoms with E-state index in [1.54, 1.807) is 24.5 Å². The van der Waals surface area contributed by atoms with Gasteiger partial charge in [0.15, 0.2) is 0 Å². The number of anilines is 1. The van der Waals surface area contributed by atoms with Crippen LogP contribution >= 0.6 is 0 Å². The van der Waals surface area contributed by atoms with Gasteiger partial charge >= 0.3 is 0 Å². The first-order chi connectivity index (χ1) is 13.2. The van der Waals surface area contributed by atoms with E-state index in [-0.39, 0.29) is 23.6 Å². The van der Waals surface area contributed by atoms with Crippen molar-refractivity contribution in [2.24, 2.45) is 5.92 Å². The van der Waals surface area contributed by atoms with Gasteiger partial charge in [-0.2, -0.15) is 0 Å². The molecule has 1 aromatic heterocycles. The maximum absolute atomic E-state index is 13.9. The number of furan rings is 1. The second-order valence-corrected chi connectivity index (χ2v) is 6.73. The van der Waals surface area contributed by atoms with Crippen molar-refractivity contribution >= 4 is 11.6 Å². The normalized spacial score (nSPS) is 18.3. The van der Waals surface area contributed by atoms with E-state index in [4.69, 9.17) is 9.15 Å². The smallest absolute Gasteiger partial charge is 0.228 e. The quantitative estimate of drug-likeness (QED) is 0.649. The van der Waals surface area contributed by atoms with Crippen LogP contribution in [0.15, 0.2) is 71.3 Å². The first-order valence-electron chi connectivity index (χ1n) is 8.95. The number of carbonyl (C=O) groups is 1. The fourth-order valence-electron chi connectivity index (χ4n) is 3.24. The zero-order valence-corrected chi connectivity index (χ0v) is 14.7. The molecule has 4 rings (SSSR count). The summed E-state index contributed by atoms with van der Waals surface area (Å²) < 4.78 is 24.7. The summed E-state index contributed by atoms with van der Waals surface area (Å²) in [6.07, 6.45) is 2.29. The standard InChI is InChI=1S/C22H20FNO3/c23-21-9-2-1-8-18(21)19-12-20(19)22(25)24-16-6-3-5-15(11-16)13-26-14-17-7-4-10-27-17/h1-11,19-20H,12-14H2,(H,24,25). The van der Waals surface area contributed by atoms with Crippen molar-refractivity contribution < 1.29 is 18.3 Å². The van der Waals surface area contributed by atoms with Crippen LogP contribution in [0.25, 0.3) is 0 Å². The monoisotopic (exact) mass is 365 g/mol. The van der Waals surface area contributed by atoms with E-state index < -0.39 is 0 Å². The molecule has 0 saturated heterocycles. The predicted octanol–water partition coefficient (Wildman–Crippen LogP) is 4.88. The fourth-order valence-corrected chi connectivity index (χ4v) is 3.24. The van der Waals surface area contributed by atoms with Crippen LogP contribution in [0.1, 0.15) is 29.2 Å². The minimum atomic E-state index is -0.242. The largest absolute Gasteiger partial charge is 0.467 e. The van der Waals surface area contributed by atoms with Crippen molar-refractivity contribution in [3.63, 3.8) is 0 Å². The van der Waals surface area contributed by atoms with Crippen LogP contribution < -0.4 is 5.32 Å². The van der Waals surface area contributed by atoms with Gasteiger partial charge in [0.2, 0.25) is 5.91 Å². The molecule has 0 aliphatic heterocycles. The number of carbonyl (C=O) groups excluding carboxylic acids is 1. The lowest BCUT2D eigenvalue weighted by atomic mass is 10.1. The summed E-state index contributed by atoms with van der Waals surface area (Å²) in [4.78, 5) is 12.5. The Bertz CT molecular complexity index is 923. The number of benzene rings is 2. The molecular formula is C22H20FNO3. The van der Waals surface area contributed by atoms with Crippen molar-refractivity contribution in [3.8, 4) is 0 Å². The number of rotatable bonds is 7. The summed E-state index contributed by atoms with van der Waals surface area (Å²) in [6.45, 7) is 0.821. The van der Waals surface area contributed by atoms with Gasteiger partial charge in [-0.25, -0.2) is 4.39 Å². The Balaban J connectivity index is 1.32. The highest BCUT2D eigenvalue weighted by atomic mass is 19.1. The second kappa shape index (κ2) is 7.76. The third kappa shape index (κ3) is 4.26. The average molecular weight is 365 g/mol. The van der Waals surface area contributed by atoms with Crippen LogP contribution in [0.3, 0.4) is 0 Å². The van der Waals surface area contributed by atoms with Gasteiger partial charge in [-0.05, 0) is 53.8 Å². The minimum absolute atomic E-state index is 0.0361. The van der Waals surface area contributed by atoms with Crippen molar-refractivity contribution in [2.45, 2.75) is 25.6 Å². The van der Waals surface area contributed by atoms with E-state index in [1.807, 2.05) is 36.4 Å².